The molecule has 3 aromatic rings. The lowest BCUT2D eigenvalue weighted by Gasteiger charge is -2.45. The van der Waals surface area contributed by atoms with E-state index in [0.29, 0.717) is 50.5 Å². The lowest BCUT2D eigenvalue weighted by Crippen LogP contribution is -2.48. The van der Waals surface area contributed by atoms with E-state index in [1.54, 1.807) is 13.0 Å². The van der Waals surface area contributed by atoms with E-state index in [9.17, 15) is 44.3 Å². The van der Waals surface area contributed by atoms with Gasteiger partial charge in [0.05, 0.1) is 60.1 Å². The van der Waals surface area contributed by atoms with Crippen LogP contribution in [0.5, 0.6) is 0 Å². The number of pyridine rings is 1. The molecule has 1 saturated heterocycles. The van der Waals surface area contributed by atoms with Gasteiger partial charge in [-0.3, -0.25) is 4.90 Å². The number of carbonyl (C=O) groups is 1. The molecule has 5 rings (SSSR count). The Kier molecular flexibility index (Phi) is 11.0. The van der Waals surface area contributed by atoms with Crippen LogP contribution in [0.1, 0.15) is 74.4 Å². The zero-order valence-corrected chi connectivity index (χ0v) is 28.9. The van der Waals surface area contributed by atoms with Gasteiger partial charge < -0.3 is 19.3 Å². The van der Waals surface area contributed by atoms with Crippen molar-refractivity contribution in [2.24, 2.45) is 5.41 Å². The first kappa shape index (κ1) is 39.0. The number of ether oxygens (including phenoxy) is 2. The van der Waals surface area contributed by atoms with Gasteiger partial charge >= 0.3 is 24.6 Å². The number of halogens is 9. The molecule has 7 nitrogen and oxygen atoms in total. The number of benzene rings is 2. The Balaban J connectivity index is 1.68. The predicted molar refractivity (Wildman–Crippen MR) is 176 cm³/mol. The molecular weight excluding hydrogens is 707 g/mol. The van der Waals surface area contributed by atoms with Crippen molar-refractivity contribution in [1.29, 1.82) is 0 Å². The Labute approximate surface area is 295 Å². The van der Waals surface area contributed by atoms with Crippen LogP contribution in [0.25, 0.3) is 0 Å². The minimum atomic E-state index is -5.13. The Bertz CT molecular complexity index is 1680. The van der Waals surface area contributed by atoms with Gasteiger partial charge in [0.15, 0.2) is 0 Å². The highest BCUT2D eigenvalue weighted by molar-refractivity contribution is 5.90. The van der Waals surface area contributed by atoms with Crippen LogP contribution in [0, 0.1) is 5.41 Å². The van der Waals surface area contributed by atoms with Gasteiger partial charge in [-0.15, -0.1) is 0 Å². The number of nitrogens with zero attached hydrogens (tertiary/aromatic N) is 4. The van der Waals surface area contributed by atoms with Crippen LogP contribution in [0.15, 0.2) is 54.7 Å². The molecule has 1 amide bonds. The van der Waals surface area contributed by atoms with Crippen molar-refractivity contribution in [2.45, 2.75) is 77.7 Å². The summed E-state index contributed by atoms with van der Waals surface area (Å²) in [5.74, 6) is 0.0925. The number of aromatic nitrogens is 1. The Morgan fingerprint density at radius 3 is 2.00 bits per heavy atom. The summed E-state index contributed by atoms with van der Waals surface area (Å²) in [5, 5.41) is 0. The number of hydrogen-bond donors (Lipinski definition) is 0. The first-order chi connectivity index (χ1) is 24.2. The van der Waals surface area contributed by atoms with Crippen LogP contribution < -0.4 is 14.7 Å². The summed E-state index contributed by atoms with van der Waals surface area (Å²) >= 11 is 0. The van der Waals surface area contributed by atoms with E-state index in [0.717, 1.165) is 18.2 Å². The standard InChI is InChI=1S/C36H39F9N4O3/c1-5-26-18-30(28-17-23(34(37,38)39)6-8-29(28)49(26)32(50)52-21-33(2,3)4)48(31-9-7-27(19-46-31)47-10-12-51-13-11-47)20-22-14-24(35(40,41)42)16-25(15-22)36(43,44)45/h6-9,14-17,19,26,30H,5,10-13,18,20-21H2,1-4H3/t26-,30+/m1/s1. The number of hydrogen-bond acceptors (Lipinski definition) is 6. The zero-order valence-electron chi connectivity index (χ0n) is 28.9. The summed E-state index contributed by atoms with van der Waals surface area (Å²) in [6, 6.07) is 5.47. The lowest BCUT2D eigenvalue weighted by molar-refractivity contribution is -0.143. The maximum absolute atomic E-state index is 14.2. The molecule has 0 spiro atoms. The second-order valence-corrected chi connectivity index (χ2v) is 14.1. The molecule has 16 heteroatoms. The molecule has 2 aromatic carbocycles. The van der Waals surface area contributed by atoms with E-state index < -0.39 is 70.9 Å². The highest BCUT2D eigenvalue weighted by Crippen LogP contribution is 2.46. The molecule has 0 radical (unpaired) electrons. The molecule has 2 atom stereocenters. The molecular formula is C36H39F9N4O3. The van der Waals surface area contributed by atoms with Crippen LogP contribution in [0.3, 0.4) is 0 Å². The van der Waals surface area contributed by atoms with Gasteiger partial charge in [0.1, 0.15) is 5.82 Å². The number of fused-ring (bicyclic) bond motifs is 1. The van der Waals surface area contributed by atoms with Crippen LogP contribution >= 0.6 is 0 Å². The summed E-state index contributed by atoms with van der Waals surface area (Å²) in [6.45, 7) is 8.67. The van der Waals surface area contributed by atoms with E-state index in [4.69, 9.17) is 9.47 Å². The molecule has 0 bridgehead atoms. The summed E-state index contributed by atoms with van der Waals surface area (Å²) in [7, 11) is 0. The Morgan fingerprint density at radius 1 is 0.865 bits per heavy atom. The predicted octanol–water partition coefficient (Wildman–Crippen LogP) is 9.89. The fraction of sp³-hybridized carbons (Fsp3) is 0.500. The van der Waals surface area contributed by atoms with E-state index >= 15 is 0 Å². The molecule has 0 saturated carbocycles. The van der Waals surface area contributed by atoms with E-state index in [1.165, 1.54) is 22.1 Å². The van der Waals surface area contributed by atoms with Crippen LogP contribution in [0.4, 0.5) is 61.5 Å². The molecule has 0 unspecified atom stereocenters. The van der Waals surface area contributed by atoms with Crippen molar-refractivity contribution < 1.29 is 53.8 Å². The largest absolute Gasteiger partial charge is 0.449 e. The lowest BCUT2D eigenvalue weighted by atomic mass is 9.87. The van der Waals surface area contributed by atoms with Gasteiger partial charge in [-0.25, -0.2) is 9.78 Å². The van der Waals surface area contributed by atoms with Crippen molar-refractivity contribution in [3.63, 3.8) is 0 Å². The normalized spacial score (nSPS) is 18.6. The first-order valence-corrected chi connectivity index (χ1v) is 16.7. The number of carbonyl (C=O) groups excluding carboxylic acids is 1. The van der Waals surface area contributed by atoms with E-state index in [2.05, 4.69) is 4.98 Å². The molecule has 0 N–H and O–H groups in total. The number of morpholine rings is 1. The molecule has 2 aliphatic rings. The van der Waals surface area contributed by atoms with Gasteiger partial charge in [0.25, 0.3) is 0 Å². The molecule has 284 valence electrons. The Hall–Kier alpha value is -4.21. The number of amides is 1. The molecule has 1 fully saturated rings. The second-order valence-electron chi connectivity index (χ2n) is 14.1. The highest BCUT2D eigenvalue weighted by Gasteiger charge is 2.43. The van der Waals surface area contributed by atoms with Crippen LogP contribution in [-0.2, 0) is 34.5 Å². The minimum Gasteiger partial charge on any atom is -0.449 e. The van der Waals surface area contributed by atoms with Gasteiger partial charge in [-0.2, -0.15) is 39.5 Å². The maximum atomic E-state index is 14.2. The number of rotatable bonds is 7. The van der Waals surface area contributed by atoms with Crippen molar-refractivity contribution in [3.05, 3.63) is 82.5 Å². The third kappa shape index (κ3) is 9.04. The molecule has 3 heterocycles. The number of alkyl halides is 9. The van der Waals surface area contributed by atoms with Crippen LogP contribution in [-0.4, -0.2) is 50.0 Å². The van der Waals surface area contributed by atoms with Gasteiger partial charge in [0, 0.05) is 25.7 Å². The average Bonchev–Trinajstić information content (AvgIpc) is 3.07. The molecule has 2 aliphatic heterocycles. The van der Waals surface area contributed by atoms with Crippen molar-refractivity contribution >= 4 is 23.3 Å². The SMILES string of the molecule is CC[C@@H]1C[C@H](N(Cc2cc(C(F)(F)F)cc(C(F)(F)F)c2)c2ccc(N3CCOCC3)cn2)c2cc(C(F)(F)F)ccc2N1C(=O)OCC(C)(C)C. The van der Waals surface area contributed by atoms with E-state index in [1.807, 2.05) is 25.7 Å². The highest BCUT2D eigenvalue weighted by atomic mass is 19.4. The molecule has 1 aromatic heterocycles. The average molecular weight is 747 g/mol. The second kappa shape index (κ2) is 14.7. The van der Waals surface area contributed by atoms with Crippen molar-refractivity contribution in [1.82, 2.24) is 4.98 Å². The maximum Gasteiger partial charge on any atom is 0.416 e. The minimum absolute atomic E-state index is 0.000779. The smallest absolute Gasteiger partial charge is 0.416 e. The fourth-order valence-corrected chi connectivity index (χ4v) is 6.36. The topological polar surface area (TPSA) is 58.1 Å². The summed E-state index contributed by atoms with van der Waals surface area (Å²) in [6.07, 6.45) is -14.1. The van der Waals surface area contributed by atoms with Crippen molar-refractivity contribution in [3.8, 4) is 0 Å². The summed E-state index contributed by atoms with van der Waals surface area (Å²) in [5.41, 5.74) is -4.22. The zero-order chi connectivity index (χ0) is 38.2. The third-order valence-electron chi connectivity index (χ3n) is 8.91. The number of anilines is 3. The first-order valence-electron chi connectivity index (χ1n) is 16.7. The van der Waals surface area contributed by atoms with Gasteiger partial charge in [-0.1, -0.05) is 27.7 Å². The summed E-state index contributed by atoms with van der Waals surface area (Å²) < 4.78 is 137. The van der Waals surface area contributed by atoms with E-state index in [-0.39, 0.29) is 36.2 Å². The third-order valence-corrected chi connectivity index (χ3v) is 8.91. The Morgan fingerprint density at radius 2 is 1.48 bits per heavy atom. The van der Waals surface area contributed by atoms with Gasteiger partial charge in [-0.05, 0) is 77.9 Å². The van der Waals surface area contributed by atoms with Gasteiger partial charge in [0.2, 0.25) is 0 Å². The van der Waals surface area contributed by atoms with Crippen molar-refractivity contribution in [2.75, 3.05) is 47.6 Å². The summed E-state index contributed by atoms with van der Waals surface area (Å²) in [4.78, 5) is 22.8. The quantitative estimate of drug-likeness (QED) is 0.225. The molecule has 0 aliphatic carbocycles. The van der Waals surface area contributed by atoms with Crippen LogP contribution in [0.2, 0.25) is 0 Å². The monoisotopic (exact) mass is 746 g/mol. The fourth-order valence-electron chi connectivity index (χ4n) is 6.36. The molecule has 52 heavy (non-hydrogen) atoms.